The van der Waals surface area contributed by atoms with Gasteiger partial charge in [0, 0.05) is 13.1 Å². The minimum atomic E-state index is -0.318. The van der Waals surface area contributed by atoms with E-state index in [-0.39, 0.29) is 11.7 Å². The molecule has 1 aromatic rings. The average Bonchev–Trinajstić information content (AvgIpc) is 2.74. The van der Waals surface area contributed by atoms with Crippen molar-refractivity contribution in [1.29, 1.82) is 0 Å². The zero-order valence-electron chi connectivity index (χ0n) is 13.0. The van der Waals surface area contributed by atoms with E-state index in [1.54, 1.807) is 0 Å². The van der Waals surface area contributed by atoms with E-state index >= 15 is 0 Å². The van der Waals surface area contributed by atoms with Gasteiger partial charge < -0.3 is 14.8 Å². The predicted octanol–water partition coefficient (Wildman–Crippen LogP) is 3.03. The summed E-state index contributed by atoms with van der Waals surface area (Å²) in [6, 6.07) is 6.33. The van der Waals surface area contributed by atoms with Crippen molar-refractivity contribution in [2.45, 2.75) is 59.4 Å². The van der Waals surface area contributed by atoms with Crippen LogP contribution in [0.1, 0.15) is 45.7 Å². The van der Waals surface area contributed by atoms with E-state index < -0.39 is 0 Å². The molecule has 2 rings (SSSR count). The van der Waals surface area contributed by atoms with Crippen LogP contribution in [0.2, 0.25) is 0 Å². The second kappa shape index (κ2) is 7.29. The Bertz CT molecular complexity index is 436. The Morgan fingerprint density at radius 1 is 1.20 bits per heavy atom. The molecule has 0 radical (unpaired) electrons. The summed E-state index contributed by atoms with van der Waals surface area (Å²) in [4.78, 5) is 9.60. The van der Waals surface area contributed by atoms with Crippen LogP contribution in [-0.2, 0) is 22.6 Å². The summed E-state index contributed by atoms with van der Waals surface area (Å²) in [6.45, 7) is 12.0. The maximum Gasteiger partial charge on any atom is 0.293 e. The molecular weight excluding hydrogens is 254 g/mol. The van der Waals surface area contributed by atoms with Crippen molar-refractivity contribution in [1.82, 2.24) is 5.32 Å². The highest BCUT2D eigenvalue weighted by molar-refractivity contribution is 5.38. The molecule has 0 spiro atoms. The van der Waals surface area contributed by atoms with Gasteiger partial charge in [-0.3, -0.25) is 4.79 Å². The maximum atomic E-state index is 9.60. The minimum Gasteiger partial charge on any atom is -0.491 e. The zero-order chi connectivity index (χ0) is 15.2. The van der Waals surface area contributed by atoms with Crippen molar-refractivity contribution < 1.29 is 14.3 Å². The normalized spacial score (nSPS) is 13.3. The van der Waals surface area contributed by atoms with Crippen LogP contribution < -0.4 is 10.1 Å². The molecule has 0 bridgehead atoms. The van der Waals surface area contributed by atoms with Gasteiger partial charge in [0.15, 0.2) is 0 Å². The van der Waals surface area contributed by atoms with Gasteiger partial charge in [-0.2, -0.15) is 0 Å². The first kappa shape index (κ1) is 16.5. The SMILES string of the molecule is CC(C)(C)OC=O.CC(C)Oc1ccc2c(c1)CNC2. The average molecular weight is 279 g/mol. The number of carbonyl (C=O) groups is 1. The highest BCUT2D eigenvalue weighted by atomic mass is 16.5. The second-order valence-electron chi connectivity index (χ2n) is 6.03. The molecule has 0 amide bonds. The fourth-order valence-corrected chi connectivity index (χ4v) is 1.76. The highest BCUT2D eigenvalue weighted by Gasteiger charge is 2.10. The van der Waals surface area contributed by atoms with Gasteiger partial charge >= 0.3 is 0 Å². The summed E-state index contributed by atoms with van der Waals surface area (Å²) < 4.78 is 10.2. The van der Waals surface area contributed by atoms with E-state index in [2.05, 4.69) is 22.2 Å². The molecule has 4 nitrogen and oxygen atoms in total. The molecule has 112 valence electrons. The van der Waals surface area contributed by atoms with Crippen LogP contribution in [0.5, 0.6) is 5.75 Å². The smallest absolute Gasteiger partial charge is 0.293 e. The Kier molecular flexibility index (Phi) is 6.02. The lowest BCUT2D eigenvalue weighted by atomic mass is 10.1. The van der Waals surface area contributed by atoms with Gasteiger partial charge in [-0.25, -0.2) is 0 Å². The van der Waals surface area contributed by atoms with Crippen molar-refractivity contribution >= 4 is 6.47 Å². The standard InChI is InChI=1S/C11H15NO.C5H10O2/c1-8(2)13-11-4-3-9-6-12-7-10(9)5-11;1-5(2,3)7-4-6/h3-5,8,12H,6-7H2,1-2H3;4H,1-3H3. The quantitative estimate of drug-likeness (QED) is 0.864. The first-order chi connectivity index (χ1) is 9.31. The molecule has 1 aliphatic heterocycles. The second-order valence-corrected chi connectivity index (χ2v) is 6.03. The molecule has 20 heavy (non-hydrogen) atoms. The van der Waals surface area contributed by atoms with E-state index in [0.29, 0.717) is 6.47 Å². The summed E-state index contributed by atoms with van der Waals surface area (Å²) >= 11 is 0. The molecule has 0 fully saturated rings. The van der Waals surface area contributed by atoms with Crippen molar-refractivity contribution in [3.05, 3.63) is 29.3 Å². The molecule has 0 atom stereocenters. The molecule has 0 unspecified atom stereocenters. The van der Waals surface area contributed by atoms with Crippen LogP contribution in [0.3, 0.4) is 0 Å². The number of hydrogen-bond acceptors (Lipinski definition) is 4. The van der Waals surface area contributed by atoms with Crippen LogP contribution in [0.15, 0.2) is 18.2 Å². The molecule has 1 aromatic carbocycles. The van der Waals surface area contributed by atoms with Gasteiger partial charge in [0.05, 0.1) is 6.10 Å². The minimum absolute atomic E-state index is 0.257. The predicted molar refractivity (Wildman–Crippen MR) is 79.7 cm³/mol. The third-order valence-corrected chi connectivity index (χ3v) is 2.58. The first-order valence-corrected chi connectivity index (χ1v) is 6.92. The molecule has 1 N–H and O–H groups in total. The van der Waals surface area contributed by atoms with E-state index in [1.165, 1.54) is 11.1 Å². The molecule has 1 aliphatic rings. The van der Waals surface area contributed by atoms with Gasteiger partial charge in [0.25, 0.3) is 6.47 Å². The van der Waals surface area contributed by atoms with Crippen molar-refractivity contribution in [2.24, 2.45) is 0 Å². The Morgan fingerprint density at radius 2 is 1.85 bits per heavy atom. The Labute approximate surface area is 121 Å². The summed E-state index contributed by atoms with van der Waals surface area (Å²) in [6.07, 6.45) is 0.257. The number of carbonyl (C=O) groups excluding carboxylic acids is 1. The molecule has 1 heterocycles. The van der Waals surface area contributed by atoms with Crippen LogP contribution in [0, 0.1) is 0 Å². The van der Waals surface area contributed by atoms with E-state index in [1.807, 2.05) is 40.7 Å². The number of fused-ring (bicyclic) bond motifs is 1. The third kappa shape index (κ3) is 6.06. The largest absolute Gasteiger partial charge is 0.491 e. The Morgan fingerprint density at radius 3 is 2.35 bits per heavy atom. The Hall–Kier alpha value is -1.55. The van der Waals surface area contributed by atoms with Gasteiger partial charge in [-0.15, -0.1) is 0 Å². The van der Waals surface area contributed by atoms with Gasteiger partial charge in [-0.05, 0) is 57.9 Å². The van der Waals surface area contributed by atoms with Crippen LogP contribution >= 0.6 is 0 Å². The lowest BCUT2D eigenvalue weighted by Gasteiger charge is -2.14. The number of ether oxygens (including phenoxy) is 2. The summed E-state index contributed by atoms with van der Waals surface area (Å²) in [7, 11) is 0. The van der Waals surface area contributed by atoms with Gasteiger partial charge in [0.2, 0.25) is 0 Å². The molecule has 0 saturated carbocycles. The molecule has 0 aromatic heterocycles. The van der Waals surface area contributed by atoms with Crippen molar-refractivity contribution in [3.63, 3.8) is 0 Å². The zero-order valence-corrected chi connectivity index (χ0v) is 13.0. The van der Waals surface area contributed by atoms with Crippen LogP contribution in [-0.4, -0.2) is 18.2 Å². The first-order valence-electron chi connectivity index (χ1n) is 6.92. The van der Waals surface area contributed by atoms with E-state index in [9.17, 15) is 4.79 Å². The fraction of sp³-hybridized carbons (Fsp3) is 0.562. The number of benzene rings is 1. The summed E-state index contributed by atoms with van der Waals surface area (Å²) in [5.74, 6) is 0.984. The summed E-state index contributed by atoms with van der Waals surface area (Å²) in [5, 5.41) is 3.31. The van der Waals surface area contributed by atoms with Crippen molar-refractivity contribution in [3.8, 4) is 5.75 Å². The van der Waals surface area contributed by atoms with E-state index in [4.69, 9.17) is 4.74 Å². The van der Waals surface area contributed by atoms with Crippen LogP contribution in [0.4, 0.5) is 0 Å². The monoisotopic (exact) mass is 279 g/mol. The topological polar surface area (TPSA) is 47.6 Å². The van der Waals surface area contributed by atoms with Crippen molar-refractivity contribution in [2.75, 3.05) is 0 Å². The molecule has 4 heteroatoms. The molecule has 0 saturated heterocycles. The summed E-state index contributed by atoms with van der Waals surface area (Å²) in [5.41, 5.74) is 2.45. The lowest BCUT2D eigenvalue weighted by molar-refractivity contribution is -0.138. The Balaban J connectivity index is 0.000000246. The van der Waals surface area contributed by atoms with E-state index in [0.717, 1.165) is 18.8 Å². The van der Waals surface area contributed by atoms with Gasteiger partial charge in [0.1, 0.15) is 11.4 Å². The van der Waals surface area contributed by atoms with Crippen LogP contribution in [0.25, 0.3) is 0 Å². The number of hydrogen-bond donors (Lipinski definition) is 1. The number of rotatable bonds is 3. The maximum absolute atomic E-state index is 9.60. The highest BCUT2D eigenvalue weighted by Crippen LogP contribution is 2.22. The molecule has 0 aliphatic carbocycles. The van der Waals surface area contributed by atoms with Gasteiger partial charge in [-0.1, -0.05) is 6.07 Å². The lowest BCUT2D eigenvalue weighted by Crippen LogP contribution is -2.17. The number of nitrogens with one attached hydrogen (secondary N) is 1. The fourth-order valence-electron chi connectivity index (χ4n) is 1.76. The molecular formula is C16H25NO3. The third-order valence-electron chi connectivity index (χ3n) is 2.58.